The minimum atomic E-state index is -0.434. The summed E-state index contributed by atoms with van der Waals surface area (Å²) in [7, 11) is 0. The minimum absolute atomic E-state index is 0.00578. The van der Waals surface area contributed by atoms with Crippen LogP contribution < -0.4 is 0 Å². The van der Waals surface area contributed by atoms with Gasteiger partial charge < -0.3 is 9.47 Å². The van der Waals surface area contributed by atoms with Crippen molar-refractivity contribution in [2.24, 2.45) is 34.5 Å². The average molecular weight is 455 g/mol. The summed E-state index contributed by atoms with van der Waals surface area (Å²) in [6.07, 6.45) is 11.3. The van der Waals surface area contributed by atoms with E-state index < -0.39 is 5.97 Å². The number of Topliss-reactive ketones (excluding diaryl/α,β-unsaturated/α-hetero) is 1. The third kappa shape index (κ3) is 4.02. The highest BCUT2D eigenvalue weighted by atomic mass is 16.5. The van der Waals surface area contributed by atoms with E-state index in [-0.39, 0.29) is 59.3 Å². The van der Waals surface area contributed by atoms with Crippen LogP contribution in [0, 0.1) is 34.5 Å². The predicted molar refractivity (Wildman–Crippen MR) is 122 cm³/mol. The Morgan fingerprint density at radius 2 is 1.88 bits per heavy atom. The van der Waals surface area contributed by atoms with Crippen molar-refractivity contribution < 1.29 is 28.7 Å². The number of fused-ring (bicyclic) bond motifs is 5. The van der Waals surface area contributed by atoms with Crippen LogP contribution in [-0.4, -0.2) is 36.7 Å². The summed E-state index contributed by atoms with van der Waals surface area (Å²) in [5, 5.41) is 0. The molecule has 4 aliphatic rings. The van der Waals surface area contributed by atoms with Crippen LogP contribution in [0.25, 0.3) is 0 Å². The summed E-state index contributed by atoms with van der Waals surface area (Å²) in [6, 6.07) is 0. The maximum atomic E-state index is 13.0. The molecule has 0 aromatic rings. The van der Waals surface area contributed by atoms with Gasteiger partial charge in [-0.3, -0.25) is 19.2 Å². The topological polar surface area (TPSA) is 86.7 Å². The second-order valence-electron chi connectivity index (χ2n) is 10.5. The second-order valence-corrected chi connectivity index (χ2v) is 10.5. The Kier molecular flexibility index (Phi) is 6.23. The highest BCUT2D eigenvalue weighted by Crippen LogP contribution is 2.64. The molecule has 6 atom stereocenters. The van der Waals surface area contributed by atoms with E-state index in [0.29, 0.717) is 12.3 Å². The van der Waals surface area contributed by atoms with Crippen LogP contribution in [0.3, 0.4) is 0 Å². The molecule has 0 heterocycles. The molecular weight excluding hydrogens is 420 g/mol. The summed E-state index contributed by atoms with van der Waals surface area (Å²) < 4.78 is 10.6. The van der Waals surface area contributed by atoms with E-state index >= 15 is 0 Å². The average Bonchev–Trinajstić information content (AvgIpc) is 3.13. The van der Waals surface area contributed by atoms with E-state index in [0.717, 1.165) is 31.3 Å². The molecule has 4 rings (SSSR count). The number of ether oxygens (including phenoxy) is 2. The third-order valence-electron chi connectivity index (χ3n) is 8.65. The first-order valence-electron chi connectivity index (χ1n) is 12.1. The molecule has 178 valence electrons. The van der Waals surface area contributed by atoms with E-state index in [1.54, 1.807) is 19.1 Å². The zero-order valence-corrected chi connectivity index (χ0v) is 20.0. The molecule has 0 saturated heterocycles. The molecule has 6 nitrogen and oxygen atoms in total. The lowest BCUT2D eigenvalue weighted by Crippen LogP contribution is -2.47. The van der Waals surface area contributed by atoms with E-state index in [1.165, 1.54) is 12.5 Å². The molecular formula is C27H34O6. The Labute approximate surface area is 195 Å². The second kappa shape index (κ2) is 8.69. The number of allylic oxidation sites excluding steroid dienone is 5. The summed E-state index contributed by atoms with van der Waals surface area (Å²) in [5.41, 5.74) is 1.79. The van der Waals surface area contributed by atoms with Gasteiger partial charge in [-0.05, 0) is 67.6 Å². The lowest BCUT2D eigenvalue weighted by atomic mass is 9.50. The SMILES string of the molecule is CCC(=O)OC[C@H]1C[C@@H]2C(=CC[C@]3(C)[C@@H](C(=O)COC(C)=O)CC[C@@H]23)[C@@]2(C)C=CC(=O)C=C12. The molecule has 0 radical (unpaired) electrons. The van der Waals surface area contributed by atoms with Gasteiger partial charge in [0.2, 0.25) is 0 Å². The zero-order chi connectivity index (χ0) is 24.0. The van der Waals surface area contributed by atoms with Gasteiger partial charge in [-0.2, -0.15) is 0 Å². The Bertz CT molecular complexity index is 971. The van der Waals surface area contributed by atoms with Gasteiger partial charge in [-0.1, -0.05) is 31.6 Å². The zero-order valence-electron chi connectivity index (χ0n) is 20.0. The third-order valence-corrected chi connectivity index (χ3v) is 8.65. The van der Waals surface area contributed by atoms with Crippen LogP contribution in [0.2, 0.25) is 0 Å². The Hall–Kier alpha value is -2.50. The van der Waals surface area contributed by atoms with Gasteiger partial charge >= 0.3 is 11.9 Å². The first-order chi connectivity index (χ1) is 15.6. The van der Waals surface area contributed by atoms with Crippen molar-refractivity contribution in [3.63, 3.8) is 0 Å². The Morgan fingerprint density at radius 1 is 1.12 bits per heavy atom. The van der Waals surface area contributed by atoms with E-state index in [1.807, 2.05) is 6.08 Å². The standard InChI is InChI=1S/C27H34O6/c1-5-25(31)33-14-17-12-19-20-6-7-22(24(30)15-32-16(2)28)26(20,3)11-9-21(19)27(4)10-8-18(29)13-23(17)27/h8-10,13,17,19-20,22H,5-7,11-12,14-15H2,1-4H3/t17-,19+,20+,22-,26+,27-/m1/s1. The van der Waals surface area contributed by atoms with E-state index in [9.17, 15) is 19.2 Å². The van der Waals surface area contributed by atoms with Gasteiger partial charge in [0.25, 0.3) is 0 Å². The van der Waals surface area contributed by atoms with Crippen LogP contribution in [-0.2, 0) is 28.7 Å². The lowest BCUT2D eigenvalue weighted by Gasteiger charge is -2.54. The fraction of sp³-hybridized carbons (Fsp3) is 0.630. The van der Waals surface area contributed by atoms with E-state index in [4.69, 9.17) is 9.47 Å². The van der Waals surface area contributed by atoms with Gasteiger partial charge in [0.15, 0.2) is 11.6 Å². The maximum absolute atomic E-state index is 13.0. The van der Waals surface area contributed by atoms with Gasteiger partial charge in [0.1, 0.15) is 6.61 Å². The van der Waals surface area contributed by atoms with Crippen molar-refractivity contribution in [1.82, 2.24) is 0 Å². The monoisotopic (exact) mass is 454 g/mol. The highest BCUT2D eigenvalue weighted by molar-refractivity contribution is 6.01. The van der Waals surface area contributed by atoms with Gasteiger partial charge in [-0.15, -0.1) is 0 Å². The quantitative estimate of drug-likeness (QED) is 0.443. The Balaban J connectivity index is 1.65. The number of hydrogen-bond donors (Lipinski definition) is 0. The largest absolute Gasteiger partial charge is 0.465 e. The van der Waals surface area contributed by atoms with Gasteiger partial charge in [0, 0.05) is 30.6 Å². The molecule has 2 saturated carbocycles. The molecule has 4 aliphatic carbocycles. The molecule has 0 aromatic heterocycles. The summed E-state index contributed by atoms with van der Waals surface area (Å²) >= 11 is 0. The number of hydrogen-bond acceptors (Lipinski definition) is 6. The van der Waals surface area contributed by atoms with Crippen LogP contribution in [0.15, 0.2) is 35.5 Å². The van der Waals surface area contributed by atoms with Crippen LogP contribution in [0.4, 0.5) is 0 Å². The molecule has 0 N–H and O–H groups in total. The number of carbonyl (C=O) groups is 4. The number of ketones is 2. The number of rotatable bonds is 6. The molecule has 0 spiro atoms. The first kappa shape index (κ1) is 23.7. The smallest absolute Gasteiger partial charge is 0.305 e. The normalized spacial score (nSPS) is 36.7. The minimum Gasteiger partial charge on any atom is -0.465 e. The summed E-state index contributed by atoms with van der Waals surface area (Å²) in [6.45, 7) is 7.58. The highest BCUT2D eigenvalue weighted by Gasteiger charge is 2.58. The predicted octanol–water partition coefficient (Wildman–Crippen LogP) is 4.14. The van der Waals surface area contributed by atoms with Crippen molar-refractivity contribution in [2.75, 3.05) is 13.2 Å². The van der Waals surface area contributed by atoms with Crippen LogP contribution in [0.5, 0.6) is 0 Å². The molecule has 33 heavy (non-hydrogen) atoms. The summed E-state index contributed by atoms with van der Waals surface area (Å²) in [5.74, 6) is -0.280. The molecule has 2 fully saturated rings. The van der Waals surface area contributed by atoms with Crippen molar-refractivity contribution in [3.8, 4) is 0 Å². The fourth-order valence-corrected chi connectivity index (χ4v) is 7.00. The summed E-state index contributed by atoms with van der Waals surface area (Å²) in [4.78, 5) is 48.3. The van der Waals surface area contributed by atoms with Crippen LogP contribution in [0.1, 0.15) is 59.8 Å². The van der Waals surface area contributed by atoms with Gasteiger partial charge in [0.05, 0.1) is 6.61 Å². The van der Waals surface area contributed by atoms with Crippen LogP contribution >= 0.6 is 0 Å². The molecule has 0 unspecified atom stereocenters. The molecule has 0 amide bonds. The molecule has 0 bridgehead atoms. The van der Waals surface area contributed by atoms with Crippen molar-refractivity contribution in [3.05, 3.63) is 35.5 Å². The first-order valence-corrected chi connectivity index (χ1v) is 12.1. The fourth-order valence-electron chi connectivity index (χ4n) is 7.00. The number of esters is 2. The van der Waals surface area contributed by atoms with Crippen molar-refractivity contribution in [2.45, 2.75) is 59.8 Å². The maximum Gasteiger partial charge on any atom is 0.305 e. The van der Waals surface area contributed by atoms with Gasteiger partial charge in [-0.25, -0.2) is 0 Å². The van der Waals surface area contributed by atoms with Crippen molar-refractivity contribution in [1.29, 1.82) is 0 Å². The molecule has 0 aromatic carbocycles. The van der Waals surface area contributed by atoms with E-state index in [2.05, 4.69) is 19.9 Å². The molecule has 0 aliphatic heterocycles. The Morgan fingerprint density at radius 3 is 2.58 bits per heavy atom. The molecule has 6 heteroatoms. The number of carbonyl (C=O) groups excluding carboxylic acids is 4. The lowest BCUT2D eigenvalue weighted by molar-refractivity contribution is -0.148. The van der Waals surface area contributed by atoms with Crippen molar-refractivity contribution >= 4 is 23.5 Å².